The van der Waals surface area contributed by atoms with Crippen molar-refractivity contribution in [2.24, 2.45) is 5.92 Å². The van der Waals surface area contributed by atoms with Crippen LogP contribution in [-0.2, 0) is 11.2 Å². The summed E-state index contributed by atoms with van der Waals surface area (Å²) in [6, 6.07) is 2.46. The number of methoxy groups -OCH3 is 2. The van der Waals surface area contributed by atoms with Gasteiger partial charge in [-0.15, -0.1) is 0 Å². The maximum atomic E-state index is 13.8. The summed E-state index contributed by atoms with van der Waals surface area (Å²) >= 11 is 0. The summed E-state index contributed by atoms with van der Waals surface area (Å²) in [5.74, 6) is -0.445. The highest BCUT2D eigenvalue weighted by atomic mass is 19.1. The highest BCUT2D eigenvalue weighted by Gasteiger charge is 2.13. The van der Waals surface area contributed by atoms with Crippen molar-refractivity contribution in [2.45, 2.75) is 26.2 Å². The molecule has 1 aromatic carbocycles. The fourth-order valence-corrected chi connectivity index (χ4v) is 2.12. The summed E-state index contributed by atoms with van der Waals surface area (Å²) in [4.78, 5) is 0. The van der Waals surface area contributed by atoms with Crippen LogP contribution in [0.4, 0.5) is 8.78 Å². The van der Waals surface area contributed by atoms with E-state index >= 15 is 0 Å². The van der Waals surface area contributed by atoms with Gasteiger partial charge in [0.05, 0.1) is 13.7 Å². The second kappa shape index (κ2) is 9.68. The molecule has 1 unspecified atom stereocenters. The van der Waals surface area contributed by atoms with Gasteiger partial charge in [-0.3, -0.25) is 0 Å². The van der Waals surface area contributed by atoms with Gasteiger partial charge in [-0.1, -0.05) is 6.92 Å². The number of halogens is 2. The minimum absolute atomic E-state index is 0.148. The molecule has 0 heterocycles. The first-order chi connectivity index (χ1) is 10.1. The first-order valence-electron chi connectivity index (χ1n) is 7.30. The highest BCUT2D eigenvalue weighted by molar-refractivity contribution is 5.30. The molecule has 120 valence electrons. The van der Waals surface area contributed by atoms with E-state index in [2.05, 4.69) is 12.2 Å². The van der Waals surface area contributed by atoms with E-state index in [1.54, 1.807) is 7.11 Å². The van der Waals surface area contributed by atoms with Crippen LogP contribution in [0, 0.1) is 17.6 Å². The Bertz CT molecular complexity index is 404. The van der Waals surface area contributed by atoms with Gasteiger partial charge in [-0.2, -0.15) is 0 Å². The van der Waals surface area contributed by atoms with E-state index < -0.39 is 11.6 Å². The maximum Gasteiger partial charge on any atom is 0.133 e. The van der Waals surface area contributed by atoms with Crippen LogP contribution in [0.15, 0.2) is 12.1 Å². The molecule has 0 aliphatic rings. The quantitative estimate of drug-likeness (QED) is 0.673. The average molecular weight is 301 g/mol. The lowest BCUT2D eigenvalue weighted by molar-refractivity contribution is 0.199. The number of ether oxygens (including phenoxy) is 2. The van der Waals surface area contributed by atoms with E-state index in [1.165, 1.54) is 19.2 Å². The van der Waals surface area contributed by atoms with E-state index in [0.29, 0.717) is 18.9 Å². The first kappa shape index (κ1) is 17.9. The van der Waals surface area contributed by atoms with Crippen molar-refractivity contribution in [1.82, 2.24) is 5.32 Å². The Balaban J connectivity index is 2.37. The summed E-state index contributed by atoms with van der Waals surface area (Å²) in [5.41, 5.74) is 0.148. The summed E-state index contributed by atoms with van der Waals surface area (Å²) in [7, 11) is 3.06. The van der Waals surface area contributed by atoms with E-state index in [9.17, 15) is 8.78 Å². The Labute approximate surface area is 125 Å². The van der Waals surface area contributed by atoms with Crippen LogP contribution in [0.25, 0.3) is 0 Å². The minimum atomic E-state index is -0.530. The van der Waals surface area contributed by atoms with Crippen LogP contribution in [-0.4, -0.2) is 33.9 Å². The predicted molar refractivity (Wildman–Crippen MR) is 79.8 cm³/mol. The zero-order valence-corrected chi connectivity index (χ0v) is 13.0. The van der Waals surface area contributed by atoms with Crippen molar-refractivity contribution in [2.75, 3.05) is 33.9 Å². The van der Waals surface area contributed by atoms with Crippen LogP contribution in [0.5, 0.6) is 5.75 Å². The smallest absolute Gasteiger partial charge is 0.133 e. The van der Waals surface area contributed by atoms with E-state index in [4.69, 9.17) is 9.47 Å². The molecule has 1 N–H and O–H groups in total. The van der Waals surface area contributed by atoms with Gasteiger partial charge in [-0.25, -0.2) is 8.78 Å². The van der Waals surface area contributed by atoms with Crippen molar-refractivity contribution in [3.05, 3.63) is 29.3 Å². The standard InChI is InChI=1S/C16H25F2NO2/c1-12(6-7-19-8-9-20-2)4-5-14-15(17)10-13(21-3)11-16(14)18/h10-12,19H,4-9H2,1-3H3. The van der Waals surface area contributed by atoms with E-state index in [1.807, 2.05) is 0 Å². The molecule has 0 aliphatic heterocycles. The summed E-state index contributed by atoms with van der Waals surface area (Å²) < 4.78 is 37.4. The molecule has 1 aromatic rings. The molecule has 0 spiro atoms. The monoisotopic (exact) mass is 301 g/mol. The number of hydrogen-bond acceptors (Lipinski definition) is 3. The van der Waals surface area contributed by atoms with Crippen LogP contribution in [0.2, 0.25) is 0 Å². The lowest BCUT2D eigenvalue weighted by atomic mass is 9.97. The molecule has 5 heteroatoms. The zero-order valence-electron chi connectivity index (χ0n) is 13.0. The predicted octanol–water partition coefficient (Wildman–Crippen LogP) is 3.17. The lowest BCUT2D eigenvalue weighted by Crippen LogP contribution is -2.21. The van der Waals surface area contributed by atoms with Crippen LogP contribution in [0.1, 0.15) is 25.3 Å². The van der Waals surface area contributed by atoms with Crippen LogP contribution >= 0.6 is 0 Å². The van der Waals surface area contributed by atoms with Crippen molar-refractivity contribution in [3.63, 3.8) is 0 Å². The van der Waals surface area contributed by atoms with Crippen LogP contribution in [0.3, 0.4) is 0 Å². The molecule has 0 aromatic heterocycles. The third-order valence-electron chi connectivity index (χ3n) is 3.53. The molecule has 1 atom stereocenters. The first-order valence-corrected chi connectivity index (χ1v) is 7.30. The van der Waals surface area contributed by atoms with Crippen molar-refractivity contribution in [3.8, 4) is 5.75 Å². The second-order valence-electron chi connectivity index (χ2n) is 5.24. The number of nitrogens with one attached hydrogen (secondary N) is 1. The van der Waals surface area contributed by atoms with E-state index in [-0.39, 0.29) is 11.3 Å². The normalized spacial score (nSPS) is 12.4. The van der Waals surface area contributed by atoms with Gasteiger partial charge in [0, 0.05) is 31.4 Å². The molecule has 0 bridgehead atoms. The highest BCUT2D eigenvalue weighted by Crippen LogP contribution is 2.23. The molecule has 0 saturated heterocycles. The molecule has 0 aliphatic carbocycles. The lowest BCUT2D eigenvalue weighted by Gasteiger charge is -2.13. The van der Waals surface area contributed by atoms with Crippen molar-refractivity contribution < 1.29 is 18.3 Å². The van der Waals surface area contributed by atoms with Crippen LogP contribution < -0.4 is 10.1 Å². The Morgan fingerprint density at radius 1 is 1.10 bits per heavy atom. The third kappa shape index (κ3) is 6.40. The Hall–Kier alpha value is -1.20. The average Bonchev–Trinajstić information content (AvgIpc) is 2.45. The summed E-state index contributed by atoms with van der Waals surface area (Å²) in [6.45, 7) is 4.50. The van der Waals surface area contributed by atoms with Gasteiger partial charge < -0.3 is 14.8 Å². The van der Waals surface area contributed by atoms with Crippen molar-refractivity contribution >= 4 is 0 Å². The van der Waals surface area contributed by atoms with Gasteiger partial charge in [0.25, 0.3) is 0 Å². The topological polar surface area (TPSA) is 30.5 Å². The molecule has 0 fully saturated rings. The number of benzene rings is 1. The summed E-state index contributed by atoms with van der Waals surface area (Å²) in [5, 5.41) is 3.26. The van der Waals surface area contributed by atoms with Crippen molar-refractivity contribution in [1.29, 1.82) is 0 Å². The number of hydrogen-bond donors (Lipinski definition) is 1. The van der Waals surface area contributed by atoms with Gasteiger partial charge in [0.15, 0.2) is 0 Å². The fourth-order valence-electron chi connectivity index (χ4n) is 2.12. The fraction of sp³-hybridized carbons (Fsp3) is 0.625. The molecule has 21 heavy (non-hydrogen) atoms. The molecule has 0 radical (unpaired) electrons. The molecular formula is C16H25F2NO2. The SMILES string of the molecule is COCCNCCC(C)CCc1c(F)cc(OC)cc1F. The maximum absolute atomic E-state index is 13.8. The van der Waals surface area contributed by atoms with Gasteiger partial charge in [-0.05, 0) is 31.7 Å². The largest absolute Gasteiger partial charge is 0.497 e. The van der Waals surface area contributed by atoms with Gasteiger partial charge >= 0.3 is 0 Å². The Morgan fingerprint density at radius 2 is 1.76 bits per heavy atom. The number of rotatable bonds is 10. The zero-order chi connectivity index (χ0) is 15.7. The molecule has 0 amide bonds. The Morgan fingerprint density at radius 3 is 2.33 bits per heavy atom. The molecule has 1 rings (SSSR count). The summed E-state index contributed by atoms with van der Waals surface area (Å²) in [6.07, 6.45) is 2.14. The third-order valence-corrected chi connectivity index (χ3v) is 3.53. The second-order valence-corrected chi connectivity index (χ2v) is 5.24. The minimum Gasteiger partial charge on any atom is -0.497 e. The Kier molecular flexibility index (Phi) is 8.23. The molecule has 0 saturated carbocycles. The molecule has 3 nitrogen and oxygen atoms in total. The van der Waals surface area contributed by atoms with Gasteiger partial charge in [0.1, 0.15) is 17.4 Å². The molecular weight excluding hydrogens is 276 g/mol. The van der Waals surface area contributed by atoms with E-state index in [0.717, 1.165) is 25.9 Å². The van der Waals surface area contributed by atoms with Gasteiger partial charge in [0.2, 0.25) is 0 Å².